The van der Waals surface area contributed by atoms with Crippen molar-refractivity contribution in [2.45, 2.75) is 0 Å². The number of rotatable bonds is 0. The molecule has 0 aliphatic carbocycles. The van der Waals surface area contributed by atoms with Crippen molar-refractivity contribution in [3.8, 4) is 0 Å². The fraction of sp³-hybridized carbons (Fsp3) is 0. The van der Waals surface area contributed by atoms with E-state index in [0.717, 1.165) is 0 Å². The molecule has 0 saturated carbocycles. The largest absolute Gasteiger partial charge is 0.761 e. The van der Waals surface area contributed by atoms with Crippen LogP contribution in [0.4, 0.5) is 0 Å². The summed E-state index contributed by atoms with van der Waals surface area (Å²) < 4.78 is 8.74. The smallest absolute Gasteiger partial charge is 0.512 e. The molecule has 7 heavy (non-hydrogen) atoms. The SMILES string of the molecule is N.O=[Si](O)O.[C-]#N. The summed E-state index contributed by atoms with van der Waals surface area (Å²) in [7, 11) is -3.13. The normalized spacial score (nSPS) is 3.71. The van der Waals surface area contributed by atoms with Crippen molar-refractivity contribution in [1.82, 2.24) is 6.15 Å². The zero-order valence-corrected chi connectivity index (χ0v) is 4.46. The van der Waals surface area contributed by atoms with E-state index in [4.69, 9.17) is 25.9 Å². The number of nitrogens with zero attached hydrogens (tertiary/aromatic N) is 1. The van der Waals surface area contributed by atoms with E-state index in [0.29, 0.717) is 0 Å². The summed E-state index contributed by atoms with van der Waals surface area (Å²) in [6, 6.07) is 0. The second-order valence-electron chi connectivity index (χ2n) is 0.283. The summed E-state index contributed by atoms with van der Waals surface area (Å²) in [5, 5.41) is 6.25. The van der Waals surface area contributed by atoms with Crippen LogP contribution in [0.15, 0.2) is 0 Å². The lowest BCUT2D eigenvalue weighted by molar-refractivity contribution is 0.330. The Morgan fingerprint density at radius 2 is 1.43 bits per heavy atom. The van der Waals surface area contributed by atoms with Gasteiger partial charge in [-0.2, -0.15) is 0 Å². The molecule has 0 rings (SSSR count). The molecule has 0 atom stereocenters. The minimum absolute atomic E-state index is 0. The third kappa shape index (κ3) is 54.7. The van der Waals surface area contributed by atoms with Gasteiger partial charge in [-0.15, -0.1) is 0 Å². The molecule has 0 aromatic carbocycles. The van der Waals surface area contributed by atoms with E-state index in [1.807, 2.05) is 0 Å². The summed E-state index contributed by atoms with van der Waals surface area (Å²) in [5.41, 5.74) is 0. The van der Waals surface area contributed by atoms with Gasteiger partial charge in [-0.1, -0.05) is 0 Å². The molecule has 6 heteroatoms. The Hall–Kier alpha value is -0.933. The van der Waals surface area contributed by atoms with Crippen molar-refractivity contribution >= 4 is 9.17 Å². The minimum Gasteiger partial charge on any atom is -0.512 e. The molecular weight excluding hydrogens is 116 g/mol. The molecule has 0 unspecified atom stereocenters. The third-order valence-corrected chi connectivity index (χ3v) is 0. The molecule has 0 radical (unpaired) electrons. The summed E-state index contributed by atoms with van der Waals surface area (Å²) >= 11 is 0. The highest BCUT2D eigenvalue weighted by molar-refractivity contribution is 6.22. The van der Waals surface area contributed by atoms with Crippen LogP contribution in [0.5, 0.6) is 0 Å². The van der Waals surface area contributed by atoms with Crippen LogP contribution in [-0.2, 0) is 4.46 Å². The highest BCUT2D eigenvalue weighted by atomic mass is 28.3. The van der Waals surface area contributed by atoms with Crippen molar-refractivity contribution in [3.63, 3.8) is 0 Å². The third-order valence-electron chi connectivity index (χ3n) is 0. The van der Waals surface area contributed by atoms with Gasteiger partial charge in [0.15, 0.2) is 0 Å². The summed E-state index contributed by atoms with van der Waals surface area (Å²) in [4.78, 5) is 14.3. The van der Waals surface area contributed by atoms with Gasteiger partial charge in [0.1, 0.15) is 0 Å². The summed E-state index contributed by atoms with van der Waals surface area (Å²) in [6.07, 6.45) is 0. The summed E-state index contributed by atoms with van der Waals surface area (Å²) in [6.45, 7) is 4.75. The van der Waals surface area contributed by atoms with Crippen molar-refractivity contribution in [3.05, 3.63) is 6.57 Å². The van der Waals surface area contributed by atoms with Gasteiger partial charge >= 0.3 is 9.17 Å². The van der Waals surface area contributed by atoms with Gasteiger partial charge in [0, 0.05) is 0 Å². The maximum Gasteiger partial charge on any atom is 0.761 e. The van der Waals surface area contributed by atoms with E-state index < -0.39 is 9.17 Å². The summed E-state index contributed by atoms with van der Waals surface area (Å²) in [5.74, 6) is 0. The van der Waals surface area contributed by atoms with Crippen LogP contribution < -0.4 is 6.15 Å². The fourth-order valence-corrected chi connectivity index (χ4v) is 0. The molecule has 0 spiro atoms. The van der Waals surface area contributed by atoms with Crippen LogP contribution in [0.25, 0.3) is 0 Å². The number of hydrogen-bond donors (Lipinski definition) is 3. The first kappa shape index (κ1) is 16.6. The van der Waals surface area contributed by atoms with Crippen molar-refractivity contribution in [2.24, 2.45) is 0 Å². The Morgan fingerprint density at radius 1 is 1.43 bits per heavy atom. The predicted molar refractivity (Wildman–Crippen MR) is 20.9 cm³/mol. The van der Waals surface area contributed by atoms with Crippen molar-refractivity contribution in [1.29, 1.82) is 5.26 Å². The van der Waals surface area contributed by atoms with E-state index in [1.165, 1.54) is 0 Å². The maximum absolute atomic E-state index is 8.74. The molecule has 0 aliphatic rings. The van der Waals surface area contributed by atoms with Gasteiger partial charge in [-0.25, -0.2) is 0 Å². The second kappa shape index (κ2) is 19.6. The first-order chi connectivity index (χ1) is 2.73. The van der Waals surface area contributed by atoms with Crippen LogP contribution in [0.2, 0.25) is 0 Å². The minimum atomic E-state index is -3.13. The van der Waals surface area contributed by atoms with Crippen LogP contribution in [0.3, 0.4) is 0 Å². The Morgan fingerprint density at radius 3 is 1.43 bits per heavy atom. The quantitative estimate of drug-likeness (QED) is 0.270. The molecule has 0 heterocycles. The lowest BCUT2D eigenvalue weighted by Gasteiger charge is -1.55. The zero-order chi connectivity index (χ0) is 5.58. The van der Waals surface area contributed by atoms with Crippen LogP contribution in [0.1, 0.15) is 0 Å². The Labute approximate surface area is 42.3 Å². The molecule has 0 amide bonds. The van der Waals surface area contributed by atoms with Gasteiger partial charge in [0.05, 0.1) is 0 Å². The molecule has 0 saturated heterocycles. The first-order valence-corrected chi connectivity index (χ1v) is 2.18. The molecule has 0 aromatic heterocycles. The zero-order valence-electron chi connectivity index (χ0n) is 3.46. The highest BCUT2D eigenvalue weighted by Crippen LogP contribution is 1.27. The van der Waals surface area contributed by atoms with Crippen molar-refractivity contribution in [2.75, 3.05) is 0 Å². The van der Waals surface area contributed by atoms with E-state index in [1.54, 1.807) is 0 Å². The average molecular weight is 121 g/mol. The Bertz CT molecular complexity index is 57.2. The standard InChI is InChI=1S/CN.H3N.H2O3Si/c1-2;;1-4(2)3/h;1H3;1-2H/q-1;;. The van der Waals surface area contributed by atoms with E-state index in [9.17, 15) is 0 Å². The molecule has 5 N–H and O–H groups in total. The molecule has 0 aliphatic heterocycles. The second-order valence-corrected chi connectivity index (χ2v) is 0.848. The fourth-order valence-electron chi connectivity index (χ4n) is 0. The van der Waals surface area contributed by atoms with Gasteiger partial charge in [0.2, 0.25) is 0 Å². The molecule has 5 nitrogen and oxygen atoms in total. The Kier molecular flexibility index (Phi) is 46.4. The van der Waals surface area contributed by atoms with Gasteiger partial charge in [0.25, 0.3) is 0 Å². The monoisotopic (exact) mass is 121 g/mol. The van der Waals surface area contributed by atoms with Crippen molar-refractivity contribution < 1.29 is 14.1 Å². The maximum atomic E-state index is 8.74. The number of hydrogen-bond acceptors (Lipinski definition) is 3. The molecular formula is CH5N2O3Si-. The molecule has 0 aromatic rings. The van der Waals surface area contributed by atoms with Crippen LogP contribution in [-0.4, -0.2) is 18.8 Å². The van der Waals surface area contributed by atoms with E-state index in [2.05, 4.69) is 0 Å². The van der Waals surface area contributed by atoms with Gasteiger partial charge < -0.3 is 27.6 Å². The Balaban J connectivity index is -0.0000000480. The van der Waals surface area contributed by atoms with E-state index in [-0.39, 0.29) is 6.15 Å². The van der Waals surface area contributed by atoms with Gasteiger partial charge in [-0.3, -0.25) is 4.46 Å². The topological polar surface area (TPSA) is 116 Å². The van der Waals surface area contributed by atoms with Gasteiger partial charge in [-0.05, 0) is 0 Å². The van der Waals surface area contributed by atoms with Crippen LogP contribution >= 0.6 is 0 Å². The van der Waals surface area contributed by atoms with E-state index >= 15 is 0 Å². The predicted octanol–water partition coefficient (Wildman–Crippen LogP) is -1.36. The highest BCUT2D eigenvalue weighted by Gasteiger charge is 1.85. The lowest BCUT2D eigenvalue weighted by Crippen LogP contribution is -1.90. The molecule has 42 valence electrons. The lowest BCUT2D eigenvalue weighted by atomic mass is 11.9. The van der Waals surface area contributed by atoms with Crippen LogP contribution in [0, 0.1) is 11.8 Å². The average Bonchev–Trinajstić information content (AvgIpc) is 1.41. The molecule has 0 bridgehead atoms. The molecule has 0 fully saturated rings. The first-order valence-electron chi connectivity index (χ1n) is 0.875.